The molecule has 6 nitrogen and oxygen atoms in total. The van der Waals surface area contributed by atoms with Crippen molar-refractivity contribution >= 4 is 23.1 Å². The summed E-state index contributed by atoms with van der Waals surface area (Å²) >= 11 is 0. The molecule has 7 heteroatoms. The van der Waals surface area contributed by atoms with Crippen molar-refractivity contribution in [2.45, 2.75) is 19.9 Å². The molecule has 0 spiro atoms. The Morgan fingerprint density at radius 2 is 1.76 bits per heavy atom. The van der Waals surface area contributed by atoms with Gasteiger partial charge in [0.25, 0.3) is 0 Å². The van der Waals surface area contributed by atoms with E-state index in [1.807, 2.05) is 43.3 Å². The number of benzene rings is 2. The third-order valence-corrected chi connectivity index (χ3v) is 5.78. The lowest BCUT2D eigenvalue weighted by Gasteiger charge is -2.10. The minimum atomic E-state index is -0.608. The molecular weight excluding hydrogens is 435 g/mol. The number of nitrogens with zero attached hydrogens (tertiary/aromatic N) is 1. The van der Waals surface area contributed by atoms with Gasteiger partial charge in [-0.1, -0.05) is 30.3 Å². The van der Waals surface area contributed by atoms with Crippen LogP contribution in [0.3, 0.4) is 0 Å². The quantitative estimate of drug-likeness (QED) is 0.486. The molecule has 2 aromatic carbocycles. The normalized spacial score (nSPS) is 13.7. The number of rotatable bonds is 7. The molecule has 1 aliphatic rings. The first-order valence-electron chi connectivity index (χ1n) is 10.8. The lowest BCUT2D eigenvalue weighted by molar-refractivity contribution is -0.120. The molecule has 0 saturated carbocycles. The molecule has 0 aliphatic heterocycles. The van der Waals surface area contributed by atoms with E-state index in [9.17, 15) is 14.3 Å². The fourth-order valence-corrected chi connectivity index (χ4v) is 4.01. The summed E-state index contributed by atoms with van der Waals surface area (Å²) in [7, 11) is 2.92. The Labute approximate surface area is 197 Å². The summed E-state index contributed by atoms with van der Waals surface area (Å²) in [5.74, 6) is -0.342. The molecular formula is C27H25FN2O4. The summed E-state index contributed by atoms with van der Waals surface area (Å²) in [4.78, 5) is 16.8. The molecule has 1 amide bonds. The van der Waals surface area contributed by atoms with Crippen LogP contribution in [0, 0.1) is 5.95 Å². The second-order valence-corrected chi connectivity index (χ2v) is 7.90. The molecule has 0 fully saturated rings. The van der Waals surface area contributed by atoms with Gasteiger partial charge >= 0.3 is 0 Å². The molecule has 0 atom stereocenters. The lowest BCUT2D eigenvalue weighted by Crippen LogP contribution is -2.22. The Bertz CT molecular complexity index is 1270. The third kappa shape index (κ3) is 4.64. The predicted molar refractivity (Wildman–Crippen MR) is 129 cm³/mol. The summed E-state index contributed by atoms with van der Waals surface area (Å²) < 4.78 is 24.6. The van der Waals surface area contributed by atoms with E-state index in [0.29, 0.717) is 23.4 Å². The molecule has 3 aromatic rings. The van der Waals surface area contributed by atoms with Crippen LogP contribution in [0.5, 0.6) is 17.2 Å². The average Bonchev–Trinajstić information content (AvgIpc) is 3.09. The van der Waals surface area contributed by atoms with Crippen molar-refractivity contribution in [3.63, 3.8) is 0 Å². The predicted octanol–water partition coefficient (Wildman–Crippen LogP) is 4.98. The van der Waals surface area contributed by atoms with E-state index < -0.39 is 5.95 Å². The van der Waals surface area contributed by atoms with Crippen molar-refractivity contribution in [3.05, 3.63) is 88.5 Å². The van der Waals surface area contributed by atoms with Crippen molar-refractivity contribution in [1.29, 1.82) is 0 Å². The minimum Gasteiger partial charge on any atom is -0.502 e. The summed E-state index contributed by atoms with van der Waals surface area (Å²) in [6.45, 7) is 2.30. The van der Waals surface area contributed by atoms with Crippen molar-refractivity contribution in [2.75, 3.05) is 14.2 Å². The molecule has 0 unspecified atom stereocenters. The van der Waals surface area contributed by atoms with Gasteiger partial charge in [0.2, 0.25) is 17.6 Å². The van der Waals surface area contributed by atoms with E-state index in [2.05, 4.69) is 10.3 Å². The topological polar surface area (TPSA) is 80.7 Å². The van der Waals surface area contributed by atoms with Gasteiger partial charge in [0.15, 0.2) is 11.5 Å². The number of aromatic nitrogens is 1. The Morgan fingerprint density at radius 3 is 2.41 bits per heavy atom. The number of ether oxygens (including phenoxy) is 2. The molecule has 174 valence electrons. The van der Waals surface area contributed by atoms with Gasteiger partial charge in [-0.2, -0.15) is 4.39 Å². The number of amides is 1. The van der Waals surface area contributed by atoms with Crippen LogP contribution < -0.4 is 14.8 Å². The highest BCUT2D eigenvalue weighted by atomic mass is 19.1. The highest BCUT2D eigenvalue weighted by Crippen LogP contribution is 2.44. The van der Waals surface area contributed by atoms with Gasteiger partial charge in [-0.25, -0.2) is 4.98 Å². The second-order valence-electron chi connectivity index (χ2n) is 7.90. The molecule has 0 saturated heterocycles. The number of allylic oxidation sites excluding steroid dienone is 2. The standard InChI is InChI=1S/C27H25FN2O4/c1-16-20(11-18-12-22(33-2)27(32)23(13-18)34-3)19-9-10-24(28)30-26(19)21(16)14-25(31)29-15-17-7-5-4-6-8-17/h4-13,32H,14-15H2,1-3H3,(H,29,31). The van der Waals surface area contributed by atoms with Crippen LogP contribution in [-0.2, 0) is 11.3 Å². The first-order chi connectivity index (χ1) is 16.4. The van der Waals surface area contributed by atoms with E-state index in [-0.39, 0.29) is 29.6 Å². The number of hydrogen-bond acceptors (Lipinski definition) is 5. The maximum absolute atomic E-state index is 14.1. The van der Waals surface area contributed by atoms with Crippen molar-refractivity contribution in [3.8, 4) is 17.2 Å². The summed E-state index contributed by atoms with van der Waals surface area (Å²) in [6.07, 6.45) is 1.95. The third-order valence-electron chi connectivity index (χ3n) is 5.78. The first kappa shape index (κ1) is 23.0. The van der Waals surface area contributed by atoms with Gasteiger partial charge in [0.05, 0.1) is 26.3 Å². The number of phenols is 1. The number of phenolic OH excluding ortho intramolecular Hbond substituents is 1. The van der Waals surface area contributed by atoms with Gasteiger partial charge in [0, 0.05) is 12.1 Å². The van der Waals surface area contributed by atoms with E-state index in [1.165, 1.54) is 20.3 Å². The number of methoxy groups -OCH3 is 2. The summed E-state index contributed by atoms with van der Waals surface area (Å²) in [5, 5.41) is 13.1. The number of fused-ring (bicyclic) bond motifs is 1. The molecule has 1 aliphatic carbocycles. The maximum atomic E-state index is 14.1. The Balaban J connectivity index is 1.68. The molecule has 2 N–H and O–H groups in total. The van der Waals surface area contributed by atoms with Crippen molar-refractivity contribution in [2.24, 2.45) is 0 Å². The van der Waals surface area contributed by atoms with E-state index in [0.717, 1.165) is 22.3 Å². The highest BCUT2D eigenvalue weighted by Gasteiger charge is 2.27. The fourth-order valence-electron chi connectivity index (χ4n) is 4.01. The van der Waals surface area contributed by atoms with Gasteiger partial charge in [-0.05, 0) is 65.1 Å². The first-order valence-corrected chi connectivity index (χ1v) is 10.8. The van der Waals surface area contributed by atoms with Crippen LogP contribution in [0.25, 0.3) is 17.2 Å². The molecule has 0 radical (unpaired) electrons. The van der Waals surface area contributed by atoms with Crippen molar-refractivity contribution < 1.29 is 23.8 Å². The number of carbonyl (C=O) groups excluding carboxylic acids is 1. The Kier molecular flexibility index (Phi) is 6.63. The van der Waals surface area contributed by atoms with Gasteiger partial charge in [0.1, 0.15) is 0 Å². The Morgan fingerprint density at radius 1 is 1.09 bits per heavy atom. The van der Waals surface area contributed by atoms with Crippen LogP contribution >= 0.6 is 0 Å². The largest absolute Gasteiger partial charge is 0.502 e. The number of carbonyl (C=O) groups is 1. The monoisotopic (exact) mass is 460 g/mol. The minimum absolute atomic E-state index is 0.0711. The zero-order chi connectivity index (χ0) is 24.2. The van der Waals surface area contributed by atoms with E-state index in [1.54, 1.807) is 18.2 Å². The zero-order valence-corrected chi connectivity index (χ0v) is 19.2. The smallest absolute Gasteiger partial charge is 0.224 e. The zero-order valence-electron chi connectivity index (χ0n) is 19.2. The molecule has 34 heavy (non-hydrogen) atoms. The Hall–Kier alpha value is -4.13. The van der Waals surface area contributed by atoms with Crippen LogP contribution in [0.1, 0.15) is 35.7 Å². The molecule has 1 heterocycles. The van der Waals surface area contributed by atoms with Crippen LogP contribution in [-0.4, -0.2) is 30.2 Å². The number of halogens is 1. The highest BCUT2D eigenvalue weighted by molar-refractivity contribution is 6.07. The van der Waals surface area contributed by atoms with Crippen LogP contribution in [0.15, 0.2) is 60.2 Å². The van der Waals surface area contributed by atoms with E-state index in [4.69, 9.17) is 9.47 Å². The number of nitrogens with one attached hydrogen (secondary N) is 1. The van der Waals surface area contributed by atoms with Gasteiger partial charge < -0.3 is 19.9 Å². The lowest BCUT2D eigenvalue weighted by atomic mass is 10.0. The van der Waals surface area contributed by atoms with E-state index >= 15 is 0 Å². The van der Waals surface area contributed by atoms with Gasteiger partial charge in [-0.15, -0.1) is 0 Å². The molecule has 0 bridgehead atoms. The number of hydrogen-bond donors (Lipinski definition) is 2. The summed E-state index contributed by atoms with van der Waals surface area (Å²) in [5.41, 5.74) is 5.20. The average molecular weight is 461 g/mol. The second kappa shape index (κ2) is 9.79. The number of aromatic hydroxyl groups is 1. The van der Waals surface area contributed by atoms with Crippen LogP contribution in [0.4, 0.5) is 4.39 Å². The molecule has 4 rings (SSSR count). The van der Waals surface area contributed by atoms with Crippen LogP contribution in [0.2, 0.25) is 0 Å². The van der Waals surface area contributed by atoms with Crippen molar-refractivity contribution in [1.82, 2.24) is 10.3 Å². The summed E-state index contributed by atoms with van der Waals surface area (Å²) in [6, 6.07) is 16.0. The number of pyridine rings is 1. The maximum Gasteiger partial charge on any atom is 0.224 e. The SMILES string of the molecule is COc1cc(C=C2C(C)=C(CC(=O)NCc3ccccc3)c3nc(F)ccc32)cc(OC)c1O. The fraction of sp³-hybridized carbons (Fsp3) is 0.185. The molecule has 1 aromatic heterocycles. The van der Waals surface area contributed by atoms with Gasteiger partial charge in [-0.3, -0.25) is 4.79 Å².